The molecule has 1 unspecified atom stereocenters. The van der Waals surface area contributed by atoms with Gasteiger partial charge in [0.2, 0.25) is 10.0 Å². The van der Waals surface area contributed by atoms with Gasteiger partial charge in [-0.05, 0) is 32.4 Å². The summed E-state index contributed by atoms with van der Waals surface area (Å²) >= 11 is 0. The van der Waals surface area contributed by atoms with Crippen LogP contribution in [0.3, 0.4) is 0 Å². The Kier molecular flexibility index (Phi) is 7.82. The summed E-state index contributed by atoms with van der Waals surface area (Å²) in [5.74, 6) is -0.954. The van der Waals surface area contributed by atoms with Crippen LogP contribution in [0.15, 0.2) is 23.1 Å². The van der Waals surface area contributed by atoms with Crippen LogP contribution in [0.1, 0.15) is 20.3 Å². The van der Waals surface area contributed by atoms with Crippen molar-refractivity contribution in [3.63, 3.8) is 0 Å². The molecule has 1 aromatic rings. The van der Waals surface area contributed by atoms with Crippen molar-refractivity contribution in [2.45, 2.75) is 37.4 Å². The molecule has 0 aliphatic carbocycles. The number of nitrogens with one attached hydrogen (secondary N) is 2. The molecule has 2 rings (SSSR count). The van der Waals surface area contributed by atoms with Crippen molar-refractivity contribution >= 4 is 21.8 Å². The minimum Gasteiger partial charge on any atom is -0.493 e. The fourth-order valence-electron chi connectivity index (χ4n) is 2.80. The van der Waals surface area contributed by atoms with Crippen molar-refractivity contribution in [1.82, 2.24) is 14.9 Å². The van der Waals surface area contributed by atoms with Gasteiger partial charge in [-0.1, -0.05) is 0 Å². The van der Waals surface area contributed by atoms with E-state index in [1.165, 1.54) is 36.7 Å². The van der Waals surface area contributed by atoms with Crippen LogP contribution < -0.4 is 20.1 Å². The Morgan fingerprint density at radius 3 is 2.52 bits per heavy atom. The molecule has 2 amide bonds. The van der Waals surface area contributed by atoms with E-state index in [4.69, 9.17) is 14.2 Å². The molecule has 1 aliphatic heterocycles. The van der Waals surface area contributed by atoms with Crippen molar-refractivity contribution in [2.24, 2.45) is 0 Å². The van der Waals surface area contributed by atoms with E-state index in [-0.39, 0.29) is 29.8 Å². The molecule has 1 aliphatic rings. The molecule has 1 atom stereocenters. The van der Waals surface area contributed by atoms with Crippen molar-refractivity contribution in [2.75, 3.05) is 33.9 Å². The maximum absolute atomic E-state index is 13.1. The topological polar surface area (TPSA) is 123 Å². The Morgan fingerprint density at radius 1 is 1.21 bits per heavy atom. The van der Waals surface area contributed by atoms with Crippen LogP contribution in [0.25, 0.3) is 0 Å². The minimum absolute atomic E-state index is 0.00882. The molecule has 10 nitrogen and oxygen atoms in total. The second-order valence-corrected chi connectivity index (χ2v) is 8.54. The third-order valence-corrected chi connectivity index (χ3v) is 6.06. The minimum atomic E-state index is -3.93. The first-order chi connectivity index (χ1) is 13.7. The summed E-state index contributed by atoms with van der Waals surface area (Å²) in [5.41, 5.74) is 0. The van der Waals surface area contributed by atoms with Crippen LogP contribution in [0.4, 0.5) is 0 Å². The highest BCUT2D eigenvalue weighted by Crippen LogP contribution is 2.31. The number of methoxy groups -OCH3 is 2. The largest absolute Gasteiger partial charge is 0.493 e. The van der Waals surface area contributed by atoms with Crippen LogP contribution >= 0.6 is 0 Å². The molecule has 0 bridgehead atoms. The van der Waals surface area contributed by atoms with Gasteiger partial charge in [-0.25, -0.2) is 8.42 Å². The van der Waals surface area contributed by atoms with Crippen molar-refractivity contribution in [1.29, 1.82) is 0 Å². The average molecular weight is 429 g/mol. The number of ether oxygens (including phenoxy) is 3. The van der Waals surface area contributed by atoms with Gasteiger partial charge in [-0.15, -0.1) is 0 Å². The predicted octanol–water partition coefficient (Wildman–Crippen LogP) is 0.0817. The van der Waals surface area contributed by atoms with E-state index in [1.807, 2.05) is 0 Å². The smallest absolute Gasteiger partial charge is 0.309 e. The Hall–Kier alpha value is -2.37. The maximum Gasteiger partial charge on any atom is 0.309 e. The van der Waals surface area contributed by atoms with E-state index in [2.05, 4.69) is 10.6 Å². The molecule has 1 aromatic carbocycles. The molecule has 1 fully saturated rings. The third-order valence-electron chi connectivity index (χ3n) is 4.18. The Bertz CT molecular complexity index is 842. The third kappa shape index (κ3) is 5.58. The van der Waals surface area contributed by atoms with Crippen molar-refractivity contribution < 1.29 is 32.2 Å². The number of benzene rings is 1. The lowest BCUT2D eigenvalue weighted by atomic mass is 10.3. The van der Waals surface area contributed by atoms with Gasteiger partial charge in [0.15, 0.2) is 11.5 Å². The van der Waals surface area contributed by atoms with E-state index < -0.39 is 28.1 Å². The number of rotatable bonds is 7. The first-order valence-corrected chi connectivity index (χ1v) is 10.6. The van der Waals surface area contributed by atoms with E-state index >= 15 is 0 Å². The summed E-state index contributed by atoms with van der Waals surface area (Å²) < 4.78 is 43.3. The standard InChI is InChI=1S/C18H27N3O7S/c1-12(2)20-18(23)17(22)19-11-16-21(8-5-9-28-16)29(24,25)13-6-7-14(26-3)15(10-13)27-4/h6-7,10,12,16H,5,8-9,11H2,1-4H3,(H,19,22)(H,20,23). The van der Waals surface area contributed by atoms with Gasteiger partial charge in [0, 0.05) is 18.7 Å². The fraction of sp³-hybridized carbons (Fsp3) is 0.556. The van der Waals surface area contributed by atoms with E-state index in [9.17, 15) is 18.0 Å². The summed E-state index contributed by atoms with van der Waals surface area (Å²) in [6.07, 6.45) is -0.428. The summed E-state index contributed by atoms with van der Waals surface area (Å²) in [4.78, 5) is 23.7. The molecule has 2 N–H and O–H groups in total. The number of amides is 2. The quantitative estimate of drug-likeness (QED) is 0.589. The van der Waals surface area contributed by atoms with Gasteiger partial charge in [0.1, 0.15) is 6.23 Å². The Balaban J connectivity index is 2.17. The molecule has 162 valence electrons. The average Bonchev–Trinajstić information content (AvgIpc) is 2.70. The van der Waals surface area contributed by atoms with Gasteiger partial charge in [-0.2, -0.15) is 4.31 Å². The van der Waals surface area contributed by atoms with Crippen LogP contribution in [0.2, 0.25) is 0 Å². The summed E-state index contributed by atoms with van der Waals surface area (Å²) in [6, 6.07) is 4.09. The predicted molar refractivity (Wildman–Crippen MR) is 104 cm³/mol. The number of hydrogen-bond donors (Lipinski definition) is 2. The molecular formula is C18H27N3O7S. The van der Waals surface area contributed by atoms with Crippen LogP contribution in [0.5, 0.6) is 11.5 Å². The van der Waals surface area contributed by atoms with Gasteiger partial charge in [0.05, 0.1) is 32.3 Å². The summed E-state index contributed by atoms with van der Waals surface area (Å²) in [6.45, 7) is 3.86. The highest BCUT2D eigenvalue weighted by molar-refractivity contribution is 7.89. The van der Waals surface area contributed by atoms with E-state index in [1.54, 1.807) is 13.8 Å². The van der Waals surface area contributed by atoms with Crippen LogP contribution in [-0.2, 0) is 24.3 Å². The first kappa shape index (κ1) is 22.9. The lowest BCUT2D eigenvalue weighted by molar-refractivity contribution is -0.140. The molecule has 0 aromatic heterocycles. The first-order valence-electron chi connectivity index (χ1n) is 9.15. The lowest BCUT2D eigenvalue weighted by Gasteiger charge is -2.34. The second kappa shape index (κ2) is 9.90. The van der Waals surface area contributed by atoms with Crippen molar-refractivity contribution in [3.05, 3.63) is 18.2 Å². The van der Waals surface area contributed by atoms with E-state index in [0.717, 1.165) is 0 Å². The molecule has 0 radical (unpaired) electrons. The second-order valence-electron chi connectivity index (χ2n) is 6.65. The Morgan fingerprint density at radius 2 is 1.90 bits per heavy atom. The van der Waals surface area contributed by atoms with Crippen molar-refractivity contribution in [3.8, 4) is 11.5 Å². The highest BCUT2D eigenvalue weighted by atomic mass is 32.2. The normalized spacial score (nSPS) is 17.6. The molecule has 1 heterocycles. The number of nitrogens with zero attached hydrogens (tertiary/aromatic N) is 1. The summed E-state index contributed by atoms with van der Waals surface area (Å²) in [7, 11) is -1.06. The SMILES string of the molecule is COc1ccc(S(=O)(=O)N2CCCOC2CNC(=O)C(=O)NC(C)C)cc1OC. The summed E-state index contributed by atoms with van der Waals surface area (Å²) in [5, 5.41) is 4.90. The molecule has 0 saturated carbocycles. The number of sulfonamides is 1. The van der Waals surface area contributed by atoms with Gasteiger partial charge in [0.25, 0.3) is 0 Å². The zero-order chi connectivity index (χ0) is 21.6. The fourth-order valence-corrected chi connectivity index (χ4v) is 4.38. The van der Waals surface area contributed by atoms with Gasteiger partial charge >= 0.3 is 11.8 Å². The maximum atomic E-state index is 13.1. The zero-order valence-corrected chi connectivity index (χ0v) is 17.7. The molecule has 0 spiro atoms. The highest BCUT2D eigenvalue weighted by Gasteiger charge is 2.35. The van der Waals surface area contributed by atoms with Crippen LogP contribution in [0, 0.1) is 0 Å². The van der Waals surface area contributed by atoms with Crippen LogP contribution in [-0.4, -0.2) is 70.7 Å². The van der Waals surface area contributed by atoms with E-state index in [0.29, 0.717) is 18.8 Å². The monoisotopic (exact) mass is 429 g/mol. The lowest BCUT2D eigenvalue weighted by Crippen LogP contribution is -2.53. The zero-order valence-electron chi connectivity index (χ0n) is 16.9. The Labute approximate surface area is 170 Å². The van der Waals surface area contributed by atoms with Gasteiger partial charge < -0.3 is 24.8 Å². The molecular weight excluding hydrogens is 402 g/mol. The molecule has 11 heteroatoms. The van der Waals surface area contributed by atoms with Gasteiger partial charge in [-0.3, -0.25) is 9.59 Å². The molecule has 1 saturated heterocycles. The number of carbonyl (C=O) groups is 2. The number of carbonyl (C=O) groups excluding carboxylic acids is 2. The molecule has 29 heavy (non-hydrogen) atoms. The number of hydrogen-bond acceptors (Lipinski definition) is 7.